The molecule has 1 heterocycles. The molecular formula is C13H16N2O3. The summed E-state index contributed by atoms with van der Waals surface area (Å²) in [4.78, 5) is 25.3. The molecule has 96 valence electrons. The fourth-order valence-corrected chi connectivity index (χ4v) is 1.86. The number of hydrogen-bond acceptors (Lipinski definition) is 3. The van der Waals surface area contributed by atoms with E-state index in [-0.39, 0.29) is 18.6 Å². The molecule has 0 aromatic heterocycles. The van der Waals surface area contributed by atoms with E-state index in [0.29, 0.717) is 12.2 Å². The normalized spacial score (nSPS) is 18.1. The molecular weight excluding hydrogens is 232 g/mol. The molecule has 5 heteroatoms. The largest absolute Gasteiger partial charge is 0.462 e. The number of carbonyl (C=O) groups excluding carboxylic acids is 2. The third-order valence-electron chi connectivity index (χ3n) is 2.99. The van der Waals surface area contributed by atoms with Crippen LogP contribution in [0.2, 0.25) is 0 Å². The Labute approximate surface area is 106 Å². The highest BCUT2D eigenvalue weighted by Crippen LogP contribution is 2.21. The van der Waals surface area contributed by atoms with Crippen LogP contribution in [0, 0.1) is 0 Å². The molecule has 0 aliphatic carbocycles. The van der Waals surface area contributed by atoms with Crippen molar-refractivity contribution in [2.75, 3.05) is 18.5 Å². The number of ether oxygens (including phenoxy) is 1. The molecule has 1 aliphatic rings. The minimum Gasteiger partial charge on any atom is -0.462 e. The van der Waals surface area contributed by atoms with Crippen LogP contribution in [-0.2, 0) is 9.53 Å². The Morgan fingerprint density at radius 2 is 2.00 bits per heavy atom. The fourth-order valence-electron chi connectivity index (χ4n) is 1.86. The van der Waals surface area contributed by atoms with Crippen LogP contribution in [0.5, 0.6) is 0 Å². The molecule has 1 N–H and O–H groups in total. The molecule has 0 bridgehead atoms. The van der Waals surface area contributed by atoms with Gasteiger partial charge in [0.1, 0.15) is 12.1 Å². The Morgan fingerprint density at radius 3 is 2.67 bits per heavy atom. The number of morpholine rings is 1. The second kappa shape index (κ2) is 4.68. The van der Waals surface area contributed by atoms with E-state index < -0.39 is 5.54 Å². The Morgan fingerprint density at radius 1 is 1.33 bits per heavy atom. The number of esters is 1. The van der Waals surface area contributed by atoms with Gasteiger partial charge in [-0.1, -0.05) is 18.2 Å². The Bertz CT molecular complexity index is 457. The lowest BCUT2D eigenvalue weighted by molar-refractivity contribution is -0.161. The highest BCUT2D eigenvalue weighted by atomic mass is 16.5. The monoisotopic (exact) mass is 248 g/mol. The highest BCUT2D eigenvalue weighted by molar-refractivity contribution is 5.94. The van der Waals surface area contributed by atoms with Gasteiger partial charge in [0.15, 0.2) is 0 Å². The van der Waals surface area contributed by atoms with Crippen LogP contribution >= 0.6 is 0 Å². The smallest absolute Gasteiger partial charge is 0.331 e. The summed E-state index contributed by atoms with van der Waals surface area (Å²) in [6.45, 7) is 4.00. The predicted octanol–water partition coefficient (Wildman–Crippen LogP) is 1.86. The molecule has 18 heavy (non-hydrogen) atoms. The van der Waals surface area contributed by atoms with E-state index in [0.717, 1.165) is 0 Å². The van der Waals surface area contributed by atoms with Gasteiger partial charge in [-0.05, 0) is 26.0 Å². The van der Waals surface area contributed by atoms with Crippen molar-refractivity contribution in [3.63, 3.8) is 0 Å². The van der Waals surface area contributed by atoms with E-state index in [1.54, 1.807) is 26.0 Å². The Balaban J connectivity index is 2.11. The number of hydrogen-bond donors (Lipinski definition) is 1. The van der Waals surface area contributed by atoms with Crippen molar-refractivity contribution in [3.8, 4) is 0 Å². The number of nitrogens with one attached hydrogen (secondary N) is 1. The minimum absolute atomic E-state index is 0.241. The van der Waals surface area contributed by atoms with Crippen molar-refractivity contribution in [2.45, 2.75) is 19.4 Å². The maximum Gasteiger partial charge on any atom is 0.331 e. The molecule has 1 saturated heterocycles. The molecule has 5 nitrogen and oxygen atoms in total. The average molecular weight is 248 g/mol. The zero-order chi connectivity index (χ0) is 13.2. The number of para-hydroxylation sites is 1. The second-order valence-corrected chi connectivity index (χ2v) is 4.64. The molecule has 0 radical (unpaired) electrons. The quantitative estimate of drug-likeness (QED) is 0.772. The maximum atomic E-state index is 12.1. The SMILES string of the molecule is CC1(C)C(=O)OCCN1C(=O)Nc1ccccc1. The highest BCUT2D eigenvalue weighted by Gasteiger charge is 2.42. The van der Waals surface area contributed by atoms with E-state index in [1.165, 1.54) is 4.90 Å². The molecule has 1 aromatic rings. The van der Waals surface area contributed by atoms with Crippen molar-refractivity contribution in [1.82, 2.24) is 4.90 Å². The van der Waals surface area contributed by atoms with Crippen LogP contribution in [0.1, 0.15) is 13.8 Å². The number of benzene rings is 1. The van der Waals surface area contributed by atoms with Gasteiger partial charge in [0, 0.05) is 5.69 Å². The van der Waals surface area contributed by atoms with Gasteiger partial charge in [-0.2, -0.15) is 0 Å². The predicted molar refractivity (Wildman–Crippen MR) is 67.2 cm³/mol. The van der Waals surface area contributed by atoms with Gasteiger partial charge in [0.25, 0.3) is 0 Å². The van der Waals surface area contributed by atoms with Gasteiger partial charge < -0.3 is 15.0 Å². The topological polar surface area (TPSA) is 58.6 Å². The first-order chi connectivity index (χ1) is 8.51. The Kier molecular flexibility index (Phi) is 3.23. The van der Waals surface area contributed by atoms with Gasteiger partial charge in [-0.15, -0.1) is 0 Å². The first-order valence-electron chi connectivity index (χ1n) is 5.83. The summed E-state index contributed by atoms with van der Waals surface area (Å²) in [5.41, 5.74) is -0.228. The minimum atomic E-state index is -0.933. The molecule has 1 fully saturated rings. The molecule has 2 rings (SSSR count). The van der Waals surface area contributed by atoms with Gasteiger partial charge in [-0.25, -0.2) is 9.59 Å². The van der Waals surface area contributed by atoms with Crippen LogP contribution in [0.3, 0.4) is 0 Å². The Hall–Kier alpha value is -2.04. The lowest BCUT2D eigenvalue weighted by atomic mass is 10.0. The zero-order valence-electron chi connectivity index (χ0n) is 10.5. The first kappa shape index (κ1) is 12.4. The van der Waals surface area contributed by atoms with Crippen molar-refractivity contribution < 1.29 is 14.3 Å². The van der Waals surface area contributed by atoms with Crippen molar-refractivity contribution in [1.29, 1.82) is 0 Å². The summed E-state index contributed by atoms with van der Waals surface area (Å²) < 4.78 is 4.96. The molecule has 0 spiro atoms. The van der Waals surface area contributed by atoms with Crippen molar-refractivity contribution >= 4 is 17.7 Å². The van der Waals surface area contributed by atoms with Crippen molar-refractivity contribution in [3.05, 3.63) is 30.3 Å². The van der Waals surface area contributed by atoms with E-state index >= 15 is 0 Å². The number of carbonyl (C=O) groups is 2. The zero-order valence-corrected chi connectivity index (χ0v) is 10.5. The van der Waals surface area contributed by atoms with Crippen LogP contribution in [-0.4, -0.2) is 35.6 Å². The van der Waals surface area contributed by atoms with E-state index in [4.69, 9.17) is 4.74 Å². The van der Waals surface area contributed by atoms with Crippen LogP contribution in [0.4, 0.5) is 10.5 Å². The number of urea groups is 1. The van der Waals surface area contributed by atoms with Crippen molar-refractivity contribution in [2.24, 2.45) is 0 Å². The fraction of sp³-hybridized carbons (Fsp3) is 0.385. The number of cyclic esters (lactones) is 1. The molecule has 2 amide bonds. The molecule has 0 saturated carbocycles. The summed E-state index contributed by atoms with van der Waals surface area (Å²) in [6.07, 6.45) is 0. The third-order valence-corrected chi connectivity index (χ3v) is 2.99. The molecule has 1 aliphatic heterocycles. The van der Waals surface area contributed by atoms with E-state index in [1.807, 2.05) is 18.2 Å². The number of nitrogens with zero attached hydrogens (tertiary/aromatic N) is 1. The summed E-state index contributed by atoms with van der Waals surface area (Å²) in [5, 5.41) is 2.77. The summed E-state index contributed by atoms with van der Waals surface area (Å²) in [5.74, 6) is -0.378. The lowest BCUT2D eigenvalue weighted by Gasteiger charge is -2.39. The maximum absolute atomic E-state index is 12.1. The number of anilines is 1. The first-order valence-corrected chi connectivity index (χ1v) is 5.83. The van der Waals surface area contributed by atoms with Crippen LogP contribution in [0.25, 0.3) is 0 Å². The second-order valence-electron chi connectivity index (χ2n) is 4.64. The standard InChI is InChI=1S/C13H16N2O3/c1-13(2)11(16)18-9-8-15(13)12(17)14-10-6-4-3-5-7-10/h3-7H,8-9H2,1-2H3,(H,14,17). The summed E-state index contributed by atoms with van der Waals surface area (Å²) >= 11 is 0. The van der Waals surface area contributed by atoms with Gasteiger partial charge in [0.05, 0.1) is 6.54 Å². The van der Waals surface area contributed by atoms with Gasteiger partial charge in [0.2, 0.25) is 0 Å². The molecule has 0 unspecified atom stereocenters. The van der Waals surface area contributed by atoms with Crippen LogP contribution in [0.15, 0.2) is 30.3 Å². The summed E-state index contributed by atoms with van der Waals surface area (Å²) in [6, 6.07) is 8.86. The van der Waals surface area contributed by atoms with Crippen LogP contribution < -0.4 is 5.32 Å². The summed E-state index contributed by atoms with van der Waals surface area (Å²) in [7, 11) is 0. The van der Waals surface area contributed by atoms with Gasteiger partial charge in [-0.3, -0.25) is 0 Å². The average Bonchev–Trinajstić information content (AvgIpc) is 2.33. The lowest BCUT2D eigenvalue weighted by Crippen LogP contribution is -2.59. The third kappa shape index (κ3) is 2.30. The van der Waals surface area contributed by atoms with Gasteiger partial charge >= 0.3 is 12.0 Å². The number of rotatable bonds is 1. The van der Waals surface area contributed by atoms with E-state index in [9.17, 15) is 9.59 Å². The molecule has 0 atom stereocenters. The van der Waals surface area contributed by atoms with E-state index in [2.05, 4.69) is 5.32 Å². The number of amides is 2. The molecule has 1 aromatic carbocycles.